The van der Waals surface area contributed by atoms with Crippen molar-refractivity contribution in [2.45, 2.75) is 31.3 Å². The molecule has 2 aromatic rings. The number of carbonyl (C=O) groups excluding carboxylic acids is 1. The van der Waals surface area contributed by atoms with E-state index in [0.717, 1.165) is 56.2 Å². The zero-order valence-electron chi connectivity index (χ0n) is 16.5. The Morgan fingerprint density at radius 1 is 1.39 bits per heavy atom. The topological polar surface area (TPSA) is 68.6 Å². The molecule has 1 saturated heterocycles. The summed E-state index contributed by atoms with van der Waals surface area (Å²) in [6.07, 6.45) is 6.80. The molecular formula is C21H28N4O3. The molecular weight excluding hydrogens is 356 g/mol. The monoisotopic (exact) mass is 384 g/mol. The van der Waals surface area contributed by atoms with Crippen LogP contribution in [0.25, 0.3) is 0 Å². The van der Waals surface area contributed by atoms with Crippen molar-refractivity contribution >= 4 is 6.03 Å². The van der Waals surface area contributed by atoms with Gasteiger partial charge in [0.25, 0.3) is 0 Å². The van der Waals surface area contributed by atoms with Crippen molar-refractivity contribution in [1.82, 2.24) is 19.8 Å². The zero-order chi connectivity index (χ0) is 19.5. The molecule has 7 nitrogen and oxygen atoms in total. The number of hydrogen-bond acceptors (Lipinski definition) is 4. The number of benzene rings is 1. The summed E-state index contributed by atoms with van der Waals surface area (Å²) in [5, 5.41) is 3.23. The van der Waals surface area contributed by atoms with Crippen LogP contribution >= 0.6 is 0 Å². The van der Waals surface area contributed by atoms with Gasteiger partial charge < -0.3 is 24.3 Å². The van der Waals surface area contributed by atoms with Crippen LogP contribution in [0.2, 0.25) is 0 Å². The molecule has 1 aromatic heterocycles. The van der Waals surface area contributed by atoms with E-state index in [2.05, 4.69) is 10.3 Å². The van der Waals surface area contributed by atoms with Gasteiger partial charge in [0, 0.05) is 50.1 Å². The third-order valence-corrected chi connectivity index (χ3v) is 5.56. The second-order valence-corrected chi connectivity index (χ2v) is 7.63. The number of aromatic nitrogens is 2. The SMILES string of the molecule is COc1ccccc1C(NC(=O)N(CC1CCOC1)C1CC1)c1nccn1C. The van der Waals surface area contributed by atoms with Crippen molar-refractivity contribution in [2.75, 3.05) is 26.9 Å². The van der Waals surface area contributed by atoms with E-state index in [9.17, 15) is 4.79 Å². The number of ether oxygens (including phenoxy) is 2. The molecule has 2 atom stereocenters. The highest BCUT2D eigenvalue weighted by atomic mass is 16.5. The number of aryl methyl sites for hydroxylation is 1. The first kappa shape index (κ1) is 18.8. The number of methoxy groups -OCH3 is 1. The lowest BCUT2D eigenvalue weighted by Crippen LogP contribution is -2.46. The van der Waals surface area contributed by atoms with Gasteiger partial charge >= 0.3 is 6.03 Å². The first-order chi connectivity index (χ1) is 13.7. The molecule has 1 aliphatic heterocycles. The minimum Gasteiger partial charge on any atom is -0.496 e. The van der Waals surface area contributed by atoms with Gasteiger partial charge in [-0.1, -0.05) is 18.2 Å². The Bertz CT molecular complexity index is 811. The quantitative estimate of drug-likeness (QED) is 0.797. The van der Waals surface area contributed by atoms with Gasteiger partial charge in [-0.15, -0.1) is 0 Å². The van der Waals surface area contributed by atoms with Gasteiger partial charge in [0.1, 0.15) is 17.6 Å². The Labute approximate surface area is 165 Å². The summed E-state index contributed by atoms with van der Waals surface area (Å²) in [5.41, 5.74) is 0.896. The second-order valence-electron chi connectivity index (χ2n) is 7.63. The van der Waals surface area contributed by atoms with E-state index in [-0.39, 0.29) is 12.1 Å². The first-order valence-electron chi connectivity index (χ1n) is 9.92. The van der Waals surface area contributed by atoms with Gasteiger partial charge in [0.05, 0.1) is 13.7 Å². The molecule has 2 amide bonds. The maximum absolute atomic E-state index is 13.3. The summed E-state index contributed by atoms with van der Waals surface area (Å²) in [7, 11) is 3.58. The molecule has 1 aromatic carbocycles. The number of urea groups is 1. The largest absolute Gasteiger partial charge is 0.496 e. The highest BCUT2D eigenvalue weighted by molar-refractivity contribution is 5.76. The molecule has 2 fully saturated rings. The number of nitrogens with one attached hydrogen (secondary N) is 1. The van der Waals surface area contributed by atoms with Crippen LogP contribution in [0.4, 0.5) is 4.79 Å². The van der Waals surface area contributed by atoms with Crippen LogP contribution in [0.1, 0.15) is 36.7 Å². The molecule has 0 spiro atoms. The summed E-state index contributed by atoms with van der Waals surface area (Å²) in [6, 6.07) is 7.67. The van der Waals surface area contributed by atoms with Gasteiger partial charge in [0.2, 0.25) is 0 Å². The lowest BCUT2D eigenvalue weighted by atomic mass is 10.0. The maximum Gasteiger partial charge on any atom is 0.318 e. The molecule has 4 rings (SSSR count). The Morgan fingerprint density at radius 3 is 2.86 bits per heavy atom. The predicted octanol–water partition coefficient (Wildman–Crippen LogP) is 2.73. The number of carbonyl (C=O) groups is 1. The molecule has 0 bridgehead atoms. The van der Waals surface area contributed by atoms with Crippen molar-refractivity contribution in [3.63, 3.8) is 0 Å². The van der Waals surface area contributed by atoms with E-state index in [1.165, 1.54) is 0 Å². The van der Waals surface area contributed by atoms with Crippen LogP contribution in [0.15, 0.2) is 36.7 Å². The van der Waals surface area contributed by atoms with Crippen LogP contribution in [0.5, 0.6) is 5.75 Å². The molecule has 0 radical (unpaired) electrons. The van der Waals surface area contributed by atoms with Crippen LogP contribution < -0.4 is 10.1 Å². The Balaban J connectivity index is 1.59. The van der Waals surface area contributed by atoms with Crippen molar-refractivity contribution in [2.24, 2.45) is 13.0 Å². The number of para-hydroxylation sites is 1. The highest BCUT2D eigenvalue weighted by Gasteiger charge is 2.36. The first-order valence-corrected chi connectivity index (χ1v) is 9.92. The Morgan fingerprint density at radius 2 is 2.21 bits per heavy atom. The number of nitrogens with zero attached hydrogens (tertiary/aromatic N) is 3. The van der Waals surface area contributed by atoms with Gasteiger partial charge in [-0.05, 0) is 25.3 Å². The van der Waals surface area contributed by atoms with E-state index >= 15 is 0 Å². The minimum atomic E-state index is -0.385. The molecule has 2 aliphatic rings. The van der Waals surface area contributed by atoms with E-state index in [1.54, 1.807) is 13.3 Å². The third-order valence-electron chi connectivity index (χ3n) is 5.56. The molecule has 2 unspecified atom stereocenters. The van der Waals surface area contributed by atoms with E-state index < -0.39 is 0 Å². The molecule has 2 heterocycles. The normalized spacial score (nSPS) is 20.0. The second kappa shape index (κ2) is 8.22. The third kappa shape index (κ3) is 3.99. The number of rotatable bonds is 7. The van der Waals surface area contributed by atoms with Gasteiger partial charge in [-0.3, -0.25) is 0 Å². The van der Waals surface area contributed by atoms with Crippen LogP contribution in [-0.4, -0.2) is 53.4 Å². The lowest BCUT2D eigenvalue weighted by molar-refractivity contribution is 0.161. The number of hydrogen-bond donors (Lipinski definition) is 1. The van der Waals surface area contributed by atoms with E-state index in [1.807, 2.05) is 47.0 Å². The Kier molecular flexibility index (Phi) is 5.52. The summed E-state index contributed by atoms with van der Waals surface area (Å²) in [6.45, 7) is 2.28. The van der Waals surface area contributed by atoms with Crippen molar-refractivity contribution in [1.29, 1.82) is 0 Å². The standard InChI is InChI=1S/C21H28N4O3/c1-24-11-10-22-20(24)19(17-5-3-4-6-18(17)27-2)23-21(26)25(16-7-8-16)13-15-9-12-28-14-15/h3-6,10-11,15-16,19H,7-9,12-14H2,1-2H3,(H,23,26). The van der Waals surface area contributed by atoms with Crippen molar-refractivity contribution < 1.29 is 14.3 Å². The van der Waals surface area contributed by atoms with E-state index in [0.29, 0.717) is 12.0 Å². The fourth-order valence-electron chi connectivity index (χ4n) is 3.84. The molecule has 1 aliphatic carbocycles. The minimum absolute atomic E-state index is 0.0479. The van der Waals surface area contributed by atoms with Crippen LogP contribution in [-0.2, 0) is 11.8 Å². The van der Waals surface area contributed by atoms with Gasteiger partial charge in [-0.2, -0.15) is 0 Å². The average molecular weight is 384 g/mol. The van der Waals surface area contributed by atoms with Gasteiger partial charge in [-0.25, -0.2) is 9.78 Å². The fraction of sp³-hybridized carbons (Fsp3) is 0.524. The average Bonchev–Trinajstić information content (AvgIpc) is 3.25. The molecule has 28 heavy (non-hydrogen) atoms. The number of amides is 2. The summed E-state index contributed by atoms with van der Waals surface area (Å²) in [4.78, 5) is 19.8. The van der Waals surface area contributed by atoms with Gasteiger partial charge in [0.15, 0.2) is 0 Å². The lowest BCUT2D eigenvalue weighted by Gasteiger charge is -2.29. The fourth-order valence-corrected chi connectivity index (χ4v) is 3.84. The van der Waals surface area contributed by atoms with Crippen molar-refractivity contribution in [3.05, 3.63) is 48.0 Å². The molecule has 7 heteroatoms. The summed E-state index contributed by atoms with van der Waals surface area (Å²) in [5.74, 6) is 1.93. The van der Waals surface area contributed by atoms with Crippen LogP contribution in [0.3, 0.4) is 0 Å². The maximum atomic E-state index is 13.3. The molecule has 150 valence electrons. The molecule has 1 saturated carbocycles. The predicted molar refractivity (Wildman–Crippen MR) is 105 cm³/mol. The van der Waals surface area contributed by atoms with Crippen molar-refractivity contribution in [3.8, 4) is 5.75 Å². The summed E-state index contributed by atoms with van der Waals surface area (Å²) >= 11 is 0. The highest BCUT2D eigenvalue weighted by Crippen LogP contribution is 2.32. The molecule has 1 N–H and O–H groups in total. The number of imidazole rings is 1. The Hall–Kier alpha value is -2.54. The zero-order valence-corrected chi connectivity index (χ0v) is 16.5. The van der Waals surface area contributed by atoms with E-state index in [4.69, 9.17) is 9.47 Å². The smallest absolute Gasteiger partial charge is 0.318 e. The van der Waals surface area contributed by atoms with Crippen LogP contribution in [0, 0.1) is 5.92 Å². The summed E-state index contributed by atoms with van der Waals surface area (Å²) < 4.78 is 13.0.